The van der Waals surface area contributed by atoms with Crippen molar-refractivity contribution in [2.45, 2.75) is 26.8 Å². The van der Waals surface area contributed by atoms with Gasteiger partial charge >= 0.3 is 0 Å². The molecule has 11 heavy (non-hydrogen) atoms. The van der Waals surface area contributed by atoms with Crippen molar-refractivity contribution >= 4 is 30.8 Å². The highest BCUT2D eigenvalue weighted by Gasteiger charge is 2.16. The fourth-order valence-corrected chi connectivity index (χ4v) is 10.2. The minimum Gasteiger partial charge on any atom is -0.259 e. The van der Waals surface area contributed by atoms with Crippen LogP contribution < -0.4 is 0 Å². The van der Waals surface area contributed by atoms with E-state index in [1.165, 1.54) is 23.3 Å². The fraction of sp³-hybridized carbons (Fsp3) is 1.00. The van der Waals surface area contributed by atoms with Crippen molar-refractivity contribution in [2.75, 3.05) is 23.0 Å². The second-order valence-corrected chi connectivity index (χ2v) is 13.5. The molecule has 70 valence electrons. The largest absolute Gasteiger partial charge is 0.259 e. The average molecular weight is 210 g/mol. The molecule has 0 atom stereocenters. The Morgan fingerprint density at radius 3 is 1.82 bits per heavy atom. The van der Waals surface area contributed by atoms with E-state index in [-0.39, 0.29) is 18.1 Å². The summed E-state index contributed by atoms with van der Waals surface area (Å²) in [6, 6.07) is 1.45. The maximum atomic E-state index is 4.30. The van der Waals surface area contributed by atoms with Crippen molar-refractivity contribution in [1.29, 1.82) is 0 Å². The molecular weight excluding hydrogens is 188 g/mol. The van der Waals surface area contributed by atoms with Gasteiger partial charge in [0.15, 0.2) is 0 Å². The van der Waals surface area contributed by atoms with Crippen LogP contribution in [-0.2, 0) is 0 Å². The van der Waals surface area contributed by atoms with Crippen LogP contribution >= 0.6 is 22.1 Å². The molecule has 0 aliphatic carbocycles. The minimum atomic E-state index is -0.0824. The van der Waals surface area contributed by atoms with Crippen LogP contribution in [0.5, 0.6) is 0 Å². The zero-order chi connectivity index (χ0) is 8.74. The molecule has 0 nitrogen and oxygen atoms in total. The zero-order valence-electron chi connectivity index (χ0n) is 8.10. The van der Waals surface area contributed by atoms with Crippen LogP contribution in [0.3, 0.4) is 0 Å². The quantitative estimate of drug-likeness (QED) is 0.505. The molecule has 0 aromatic carbocycles. The molecule has 0 aliphatic heterocycles. The van der Waals surface area contributed by atoms with Gasteiger partial charge in [0.1, 0.15) is 0 Å². The SMILES string of the molecule is CCS(CC)(CC)[SiH2]CCS. The summed E-state index contributed by atoms with van der Waals surface area (Å²) < 4.78 is 0. The van der Waals surface area contributed by atoms with E-state index in [1.807, 2.05) is 0 Å². The highest BCUT2D eigenvalue weighted by Crippen LogP contribution is 2.45. The first-order valence-electron chi connectivity index (χ1n) is 4.59. The van der Waals surface area contributed by atoms with Crippen LogP contribution in [-0.4, -0.2) is 31.7 Å². The van der Waals surface area contributed by atoms with Crippen LogP contribution in [0.2, 0.25) is 6.04 Å². The molecular formula is C8H22S2Si. The Morgan fingerprint density at radius 2 is 1.55 bits per heavy atom. The molecule has 0 aromatic heterocycles. The first kappa shape index (κ1) is 11.9. The van der Waals surface area contributed by atoms with E-state index in [1.54, 1.807) is 0 Å². The number of thiol groups is 1. The summed E-state index contributed by atoms with van der Waals surface area (Å²) in [6.07, 6.45) is 0. The van der Waals surface area contributed by atoms with Gasteiger partial charge in [-0.15, -0.1) is 0 Å². The standard InChI is InChI=1S/C8H22S2Si/c1-4-10(5-2,6-3)11-8-7-9/h9H,4-8,11H2,1-3H3. The van der Waals surface area contributed by atoms with Gasteiger partial charge in [-0.05, 0) is 29.1 Å². The van der Waals surface area contributed by atoms with Crippen LogP contribution in [0.25, 0.3) is 0 Å². The van der Waals surface area contributed by atoms with Gasteiger partial charge in [0.2, 0.25) is 0 Å². The van der Waals surface area contributed by atoms with Crippen LogP contribution in [0.15, 0.2) is 0 Å². The van der Waals surface area contributed by atoms with Gasteiger partial charge in [-0.2, -0.15) is 12.6 Å². The van der Waals surface area contributed by atoms with Crippen molar-refractivity contribution in [3.8, 4) is 0 Å². The highest BCUT2D eigenvalue weighted by molar-refractivity contribution is 8.52. The number of hydrogen-bond acceptors (Lipinski definition) is 1. The number of rotatable bonds is 6. The molecule has 0 amide bonds. The van der Waals surface area contributed by atoms with E-state index >= 15 is 0 Å². The third-order valence-electron chi connectivity index (χ3n) is 2.57. The first-order chi connectivity index (χ1) is 5.24. The van der Waals surface area contributed by atoms with Gasteiger partial charge in [0, 0.05) is 0 Å². The lowest BCUT2D eigenvalue weighted by Crippen LogP contribution is -2.16. The van der Waals surface area contributed by atoms with Crippen LogP contribution in [0.4, 0.5) is 0 Å². The van der Waals surface area contributed by atoms with Crippen molar-refractivity contribution in [3.05, 3.63) is 0 Å². The maximum Gasteiger partial charge on any atom is 0.0663 e. The average Bonchev–Trinajstić information content (AvgIpc) is 2.08. The Bertz CT molecular complexity index is 83.8. The lowest BCUT2D eigenvalue weighted by Gasteiger charge is -2.37. The van der Waals surface area contributed by atoms with E-state index in [0.29, 0.717) is 0 Å². The fourth-order valence-electron chi connectivity index (χ4n) is 1.42. The molecule has 0 aliphatic rings. The normalized spacial score (nSPS) is 14.5. The van der Waals surface area contributed by atoms with Gasteiger partial charge in [0.05, 0.1) is 8.67 Å². The molecule has 0 bridgehead atoms. The summed E-state index contributed by atoms with van der Waals surface area (Å²) in [5, 5.41) is 0. The van der Waals surface area contributed by atoms with E-state index in [9.17, 15) is 0 Å². The Labute approximate surface area is 80.7 Å². The van der Waals surface area contributed by atoms with Gasteiger partial charge in [-0.1, -0.05) is 20.8 Å². The van der Waals surface area contributed by atoms with Crippen molar-refractivity contribution < 1.29 is 0 Å². The van der Waals surface area contributed by atoms with E-state index in [4.69, 9.17) is 0 Å². The number of hydrogen-bond donors (Lipinski definition) is 1. The van der Waals surface area contributed by atoms with E-state index in [2.05, 4.69) is 33.4 Å². The monoisotopic (exact) mass is 210 g/mol. The van der Waals surface area contributed by atoms with Gasteiger partial charge < -0.3 is 0 Å². The maximum absolute atomic E-state index is 4.30. The molecule has 0 aromatic rings. The summed E-state index contributed by atoms with van der Waals surface area (Å²) in [5.74, 6) is 5.54. The predicted octanol–water partition coefficient (Wildman–Crippen LogP) is 2.28. The summed E-state index contributed by atoms with van der Waals surface area (Å²) >= 11 is 4.30. The zero-order valence-corrected chi connectivity index (χ0v) is 11.2. The third-order valence-corrected chi connectivity index (χ3v) is 15.8. The molecule has 0 heterocycles. The second kappa shape index (κ2) is 6.43. The van der Waals surface area contributed by atoms with Gasteiger partial charge in [-0.25, -0.2) is 0 Å². The van der Waals surface area contributed by atoms with Gasteiger partial charge in [0.25, 0.3) is 0 Å². The first-order valence-corrected chi connectivity index (χ1v) is 10.3. The molecule has 3 heteroatoms. The van der Waals surface area contributed by atoms with Crippen molar-refractivity contribution in [1.82, 2.24) is 0 Å². The third kappa shape index (κ3) is 3.90. The lowest BCUT2D eigenvalue weighted by molar-refractivity contribution is 1.36. The van der Waals surface area contributed by atoms with Crippen molar-refractivity contribution in [2.24, 2.45) is 0 Å². The van der Waals surface area contributed by atoms with Crippen molar-refractivity contribution in [3.63, 3.8) is 0 Å². The summed E-state index contributed by atoms with van der Waals surface area (Å²) in [6.45, 7) is 7.15. The van der Waals surface area contributed by atoms with E-state index < -0.39 is 0 Å². The summed E-state index contributed by atoms with van der Waals surface area (Å²) in [7, 11) is 0.143. The lowest BCUT2D eigenvalue weighted by atomic mass is 10.9. The van der Waals surface area contributed by atoms with Crippen LogP contribution in [0, 0.1) is 0 Å². The van der Waals surface area contributed by atoms with Crippen LogP contribution in [0.1, 0.15) is 20.8 Å². The van der Waals surface area contributed by atoms with E-state index in [0.717, 1.165) is 5.75 Å². The Morgan fingerprint density at radius 1 is 1.09 bits per heavy atom. The molecule has 0 N–H and O–H groups in total. The molecule has 0 saturated carbocycles. The predicted molar refractivity (Wildman–Crippen MR) is 66.4 cm³/mol. The topological polar surface area (TPSA) is 0 Å². The smallest absolute Gasteiger partial charge is 0.0663 e. The molecule has 0 rings (SSSR count). The summed E-state index contributed by atoms with van der Waals surface area (Å²) in [5.41, 5.74) is 0. The molecule has 0 fully saturated rings. The molecule has 0 radical (unpaired) electrons. The molecule has 0 saturated heterocycles. The highest BCUT2D eigenvalue weighted by atomic mass is 32.4. The molecule has 0 spiro atoms. The second-order valence-electron chi connectivity index (χ2n) is 2.87. The minimum absolute atomic E-state index is 0.0824. The Balaban J connectivity index is 3.84. The Kier molecular flexibility index (Phi) is 6.97. The Hall–Kier alpha value is 0.917. The van der Waals surface area contributed by atoms with Gasteiger partial charge in [-0.3, -0.25) is 9.48 Å². The summed E-state index contributed by atoms with van der Waals surface area (Å²) in [4.78, 5) is 0. The molecule has 0 unspecified atom stereocenters.